The van der Waals surface area contributed by atoms with Gasteiger partial charge in [-0.1, -0.05) is 38.1 Å². The predicted molar refractivity (Wildman–Crippen MR) is 76.7 cm³/mol. The third-order valence-corrected chi connectivity index (χ3v) is 3.32. The molecule has 1 rings (SSSR count). The fourth-order valence-corrected chi connectivity index (χ4v) is 2.22. The Kier molecular flexibility index (Phi) is 5.86. The highest BCUT2D eigenvalue weighted by Gasteiger charge is 2.18. The molecule has 1 atom stereocenters. The molecule has 1 aromatic rings. The van der Waals surface area contributed by atoms with Gasteiger partial charge in [0.25, 0.3) is 0 Å². The van der Waals surface area contributed by atoms with Crippen LogP contribution in [0.4, 0.5) is 0 Å². The number of nitrogens with zero attached hydrogens (tertiary/aromatic N) is 1. The summed E-state index contributed by atoms with van der Waals surface area (Å²) in [6.07, 6.45) is 1.14. The lowest BCUT2D eigenvalue weighted by atomic mass is 9.77. The Hall–Kier alpha value is -0.835. The Labute approximate surface area is 111 Å². The molecule has 18 heavy (non-hydrogen) atoms. The van der Waals surface area contributed by atoms with Crippen LogP contribution in [0.15, 0.2) is 24.3 Å². The van der Waals surface area contributed by atoms with Crippen molar-refractivity contribution in [1.29, 1.82) is 0 Å². The Morgan fingerprint density at radius 1 is 1.17 bits per heavy atom. The van der Waals surface area contributed by atoms with Crippen molar-refractivity contribution in [3.63, 3.8) is 0 Å². The first-order valence-electron chi connectivity index (χ1n) is 6.56. The van der Waals surface area contributed by atoms with Crippen LogP contribution in [0.5, 0.6) is 0 Å². The van der Waals surface area contributed by atoms with Crippen molar-refractivity contribution in [2.45, 2.75) is 39.8 Å². The summed E-state index contributed by atoms with van der Waals surface area (Å²) in [7, 11) is 0.683. The van der Waals surface area contributed by atoms with Crippen LogP contribution in [-0.2, 0) is 6.54 Å². The van der Waals surface area contributed by atoms with Gasteiger partial charge in [0.15, 0.2) is 0 Å². The molecule has 0 aliphatic rings. The largest absolute Gasteiger partial charge is 0.488 e. The van der Waals surface area contributed by atoms with E-state index in [1.54, 1.807) is 6.07 Å². The zero-order valence-electron chi connectivity index (χ0n) is 11.8. The predicted octanol–water partition coefficient (Wildman–Crippen LogP) is 1.23. The zero-order valence-corrected chi connectivity index (χ0v) is 11.8. The monoisotopic (exact) mass is 249 g/mol. The van der Waals surface area contributed by atoms with Gasteiger partial charge >= 0.3 is 7.12 Å². The van der Waals surface area contributed by atoms with E-state index < -0.39 is 7.12 Å². The topological polar surface area (TPSA) is 43.7 Å². The lowest BCUT2D eigenvalue weighted by Gasteiger charge is -2.27. The maximum atomic E-state index is 9.34. The lowest BCUT2D eigenvalue weighted by molar-refractivity contribution is 0.221. The van der Waals surface area contributed by atoms with E-state index in [1.807, 2.05) is 18.2 Å². The van der Waals surface area contributed by atoms with Crippen molar-refractivity contribution in [1.82, 2.24) is 4.90 Å². The second kappa shape index (κ2) is 6.93. The van der Waals surface area contributed by atoms with Crippen molar-refractivity contribution in [2.75, 3.05) is 7.05 Å². The Morgan fingerprint density at radius 2 is 1.78 bits per heavy atom. The minimum atomic E-state index is -1.39. The summed E-state index contributed by atoms with van der Waals surface area (Å²) in [4.78, 5) is 2.25. The maximum absolute atomic E-state index is 9.34. The molecule has 0 spiro atoms. The molecule has 0 bridgehead atoms. The summed E-state index contributed by atoms with van der Waals surface area (Å²) in [6, 6.07) is 7.96. The Morgan fingerprint density at radius 3 is 2.33 bits per heavy atom. The van der Waals surface area contributed by atoms with Gasteiger partial charge in [-0.3, -0.25) is 4.90 Å². The third-order valence-electron chi connectivity index (χ3n) is 3.32. The fourth-order valence-electron chi connectivity index (χ4n) is 2.22. The number of benzene rings is 1. The SMILES string of the molecule is CC(C)CC(C)N(C)Cc1ccccc1B(O)O. The summed E-state index contributed by atoms with van der Waals surface area (Å²) in [5, 5.41) is 18.7. The van der Waals surface area contributed by atoms with Crippen LogP contribution in [0.2, 0.25) is 0 Å². The molecule has 0 aliphatic carbocycles. The van der Waals surface area contributed by atoms with Crippen molar-refractivity contribution < 1.29 is 10.0 Å². The van der Waals surface area contributed by atoms with E-state index in [-0.39, 0.29) is 0 Å². The van der Waals surface area contributed by atoms with Gasteiger partial charge in [0, 0.05) is 12.6 Å². The summed E-state index contributed by atoms with van der Waals surface area (Å²) in [5.41, 5.74) is 1.58. The highest BCUT2D eigenvalue weighted by molar-refractivity contribution is 6.59. The molecule has 1 aromatic carbocycles. The minimum absolute atomic E-state index is 0.480. The first-order chi connectivity index (χ1) is 8.41. The quantitative estimate of drug-likeness (QED) is 0.745. The zero-order chi connectivity index (χ0) is 13.7. The molecule has 2 N–H and O–H groups in total. The van der Waals surface area contributed by atoms with Crippen LogP contribution in [-0.4, -0.2) is 35.2 Å². The normalized spacial score (nSPS) is 13.1. The minimum Gasteiger partial charge on any atom is -0.423 e. The van der Waals surface area contributed by atoms with Crippen LogP contribution in [0.3, 0.4) is 0 Å². The van der Waals surface area contributed by atoms with Gasteiger partial charge in [-0.05, 0) is 37.3 Å². The summed E-state index contributed by atoms with van der Waals surface area (Å²) >= 11 is 0. The lowest BCUT2D eigenvalue weighted by Crippen LogP contribution is -2.37. The second-order valence-electron chi connectivity index (χ2n) is 5.47. The molecule has 4 heteroatoms. The van der Waals surface area contributed by atoms with E-state index in [2.05, 4.69) is 32.7 Å². The van der Waals surface area contributed by atoms with Crippen molar-refractivity contribution in [3.8, 4) is 0 Å². The van der Waals surface area contributed by atoms with E-state index in [9.17, 15) is 10.0 Å². The number of hydrogen-bond donors (Lipinski definition) is 2. The highest BCUT2D eigenvalue weighted by Crippen LogP contribution is 2.12. The van der Waals surface area contributed by atoms with Gasteiger partial charge in [-0.15, -0.1) is 0 Å². The van der Waals surface area contributed by atoms with E-state index >= 15 is 0 Å². The second-order valence-corrected chi connectivity index (χ2v) is 5.47. The Balaban J connectivity index is 2.72. The molecule has 0 radical (unpaired) electrons. The Bertz CT molecular complexity index is 369. The average molecular weight is 249 g/mol. The van der Waals surface area contributed by atoms with Crippen LogP contribution in [0, 0.1) is 5.92 Å². The van der Waals surface area contributed by atoms with E-state index in [0.29, 0.717) is 17.4 Å². The van der Waals surface area contributed by atoms with Crippen LogP contribution >= 0.6 is 0 Å². The van der Waals surface area contributed by atoms with E-state index in [1.165, 1.54) is 0 Å². The molecular formula is C14H24BNO2. The maximum Gasteiger partial charge on any atom is 0.488 e. The first-order valence-corrected chi connectivity index (χ1v) is 6.56. The van der Waals surface area contributed by atoms with Gasteiger partial charge in [-0.2, -0.15) is 0 Å². The van der Waals surface area contributed by atoms with Gasteiger partial charge in [0.2, 0.25) is 0 Å². The molecule has 0 aliphatic heterocycles. The van der Waals surface area contributed by atoms with Crippen LogP contribution in [0.25, 0.3) is 0 Å². The first kappa shape index (κ1) is 15.2. The van der Waals surface area contributed by atoms with Crippen molar-refractivity contribution in [3.05, 3.63) is 29.8 Å². The molecule has 0 aromatic heterocycles. The van der Waals surface area contributed by atoms with Crippen molar-refractivity contribution >= 4 is 12.6 Å². The van der Waals surface area contributed by atoms with Gasteiger partial charge in [0.1, 0.15) is 0 Å². The third kappa shape index (κ3) is 4.44. The molecule has 0 saturated carbocycles. The van der Waals surface area contributed by atoms with Crippen molar-refractivity contribution in [2.24, 2.45) is 5.92 Å². The van der Waals surface area contributed by atoms with E-state index in [4.69, 9.17) is 0 Å². The van der Waals surface area contributed by atoms with Gasteiger partial charge < -0.3 is 10.0 Å². The van der Waals surface area contributed by atoms with E-state index in [0.717, 1.165) is 18.5 Å². The molecule has 0 heterocycles. The molecule has 0 amide bonds. The summed E-state index contributed by atoms with van der Waals surface area (Å²) in [6.45, 7) is 7.38. The molecule has 1 unspecified atom stereocenters. The molecule has 3 nitrogen and oxygen atoms in total. The summed E-state index contributed by atoms with van der Waals surface area (Å²) in [5.74, 6) is 0.668. The number of rotatable bonds is 6. The highest BCUT2D eigenvalue weighted by atomic mass is 16.4. The smallest absolute Gasteiger partial charge is 0.423 e. The van der Waals surface area contributed by atoms with Gasteiger partial charge in [0.05, 0.1) is 0 Å². The standard InChI is InChI=1S/C14H24BNO2/c1-11(2)9-12(3)16(4)10-13-7-5-6-8-14(13)15(17)18/h5-8,11-12,17-18H,9-10H2,1-4H3. The molecule has 0 fully saturated rings. The fraction of sp³-hybridized carbons (Fsp3) is 0.571. The molecule has 0 saturated heterocycles. The molecule has 100 valence electrons. The van der Waals surface area contributed by atoms with Crippen LogP contribution < -0.4 is 5.46 Å². The number of hydrogen-bond acceptors (Lipinski definition) is 3. The van der Waals surface area contributed by atoms with Gasteiger partial charge in [-0.25, -0.2) is 0 Å². The molecular weight excluding hydrogens is 225 g/mol. The average Bonchev–Trinajstić information content (AvgIpc) is 2.28. The summed E-state index contributed by atoms with van der Waals surface area (Å²) < 4.78 is 0. The van der Waals surface area contributed by atoms with Crippen LogP contribution in [0.1, 0.15) is 32.8 Å².